The minimum Gasteiger partial charge on any atom is -0.338 e. The van der Waals surface area contributed by atoms with E-state index < -0.39 is 0 Å². The van der Waals surface area contributed by atoms with E-state index in [1.54, 1.807) is 6.07 Å². The van der Waals surface area contributed by atoms with Gasteiger partial charge in [0.2, 0.25) is 5.91 Å². The third-order valence-corrected chi connectivity index (χ3v) is 5.52. The molecule has 5 nitrogen and oxygen atoms in total. The van der Waals surface area contributed by atoms with Gasteiger partial charge in [-0.1, -0.05) is 6.07 Å². The number of benzene rings is 1. The highest BCUT2D eigenvalue weighted by Gasteiger charge is 2.42. The number of anilines is 1. The van der Waals surface area contributed by atoms with E-state index in [9.17, 15) is 9.59 Å². The second-order valence-corrected chi connectivity index (χ2v) is 7.22. The zero-order chi connectivity index (χ0) is 16.0. The van der Waals surface area contributed by atoms with Gasteiger partial charge in [-0.2, -0.15) is 0 Å². The molecule has 122 valence electrons. The standard InChI is InChI=1S/C18H23N3O2/c19-16-7-6-13-9-21(10-15(13)16)18(23)12-2-1-3-14(8-12)20-17(22)11-4-5-11/h1-3,8,11,13,15-16H,4-7,9-10,19H2,(H,20,22). The predicted octanol–water partition coefficient (Wildman–Crippen LogP) is 1.84. The second kappa shape index (κ2) is 5.64. The monoisotopic (exact) mass is 313 g/mol. The summed E-state index contributed by atoms with van der Waals surface area (Å²) in [6.45, 7) is 1.58. The van der Waals surface area contributed by atoms with Crippen LogP contribution >= 0.6 is 0 Å². The molecule has 0 bridgehead atoms. The molecule has 0 radical (unpaired) electrons. The fourth-order valence-electron chi connectivity index (χ4n) is 3.98. The number of nitrogens with one attached hydrogen (secondary N) is 1. The Morgan fingerprint density at radius 2 is 1.96 bits per heavy atom. The van der Waals surface area contributed by atoms with Crippen molar-refractivity contribution in [3.8, 4) is 0 Å². The van der Waals surface area contributed by atoms with E-state index in [2.05, 4.69) is 5.32 Å². The van der Waals surface area contributed by atoms with Crippen molar-refractivity contribution in [2.45, 2.75) is 31.7 Å². The zero-order valence-electron chi connectivity index (χ0n) is 13.2. The van der Waals surface area contributed by atoms with Gasteiger partial charge >= 0.3 is 0 Å². The van der Waals surface area contributed by atoms with E-state index in [-0.39, 0.29) is 23.8 Å². The Balaban J connectivity index is 1.45. The SMILES string of the molecule is NC1CCC2CN(C(=O)c3cccc(NC(=O)C4CC4)c3)CC12. The number of amides is 2. The molecule has 1 aromatic rings. The molecule has 4 rings (SSSR count). The molecule has 3 aliphatic rings. The molecule has 1 heterocycles. The van der Waals surface area contributed by atoms with Crippen molar-refractivity contribution in [2.24, 2.45) is 23.5 Å². The number of nitrogens with two attached hydrogens (primary N) is 1. The second-order valence-electron chi connectivity index (χ2n) is 7.22. The molecule has 3 atom stereocenters. The molecule has 23 heavy (non-hydrogen) atoms. The fourth-order valence-corrected chi connectivity index (χ4v) is 3.98. The Kier molecular flexibility index (Phi) is 3.60. The number of likely N-dealkylation sites (tertiary alicyclic amines) is 1. The summed E-state index contributed by atoms with van der Waals surface area (Å²) in [6.07, 6.45) is 4.16. The van der Waals surface area contributed by atoms with E-state index >= 15 is 0 Å². The Hall–Kier alpha value is -1.88. The molecule has 0 spiro atoms. The van der Waals surface area contributed by atoms with Crippen molar-refractivity contribution in [1.82, 2.24) is 4.90 Å². The summed E-state index contributed by atoms with van der Waals surface area (Å²) in [5, 5.41) is 2.91. The highest BCUT2D eigenvalue weighted by molar-refractivity contribution is 5.98. The minimum absolute atomic E-state index is 0.0501. The van der Waals surface area contributed by atoms with Crippen LogP contribution in [0.2, 0.25) is 0 Å². The number of hydrogen-bond donors (Lipinski definition) is 2. The smallest absolute Gasteiger partial charge is 0.253 e. The normalized spacial score (nSPS) is 29.4. The van der Waals surface area contributed by atoms with E-state index in [1.165, 1.54) is 0 Å². The number of carbonyl (C=O) groups is 2. The van der Waals surface area contributed by atoms with E-state index in [4.69, 9.17) is 5.73 Å². The van der Waals surface area contributed by atoms with Gasteiger partial charge in [0.25, 0.3) is 5.91 Å². The molecule has 2 amide bonds. The summed E-state index contributed by atoms with van der Waals surface area (Å²) < 4.78 is 0. The number of carbonyl (C=O) groups excluding carboxylic acids is 2. The molecule has 2 saturated carbocycles. The van der Waals surface area contributed by atoms with E-state index in [0.29, 0.717) is 23.1 Å². The summed E-state index contributed by atoms with van der Waals surface area (Å²) in [5.74, 6) is 1.29. The molecule has 3 unspecified atom stereocenters. The average Bonchev–Trinajstić information content (AvgIpc) is 3.23. The van der Waals surface area contributed by atoms with Crippen LogP contribution in [0, 0.1) is 17.8 Å². The maximum absolute atomic E-state index is 12.7. The number of hydrogen-bond acceptors (Lipinski definition) is 3. The maximum atomic E-state index is 12.7. The molecular formula is C18H23N3O2. The van der Waals surface area contributed by atoms with Crippen molar-refractivity contribution in [3.05, 3.63) is 29.8 Å². The van der Waals surface area contributed by atoms with Gasteiger partial charge in [0.1, 0.15) is 0 Å². The van der Waals surface area contributed by atoms with Crippen LogP contribution in [0.1, 0.15) is 36.0 Å². The minimum atomic E-state index is 0.0501. The number of rotatable bonds is 3. The van der Waals surface area contributed by atoms with Gasteiger partial charge in [-0.15, -0.1) is 0 Å². The molecule has 2 aliphatic carbocycles. The molecular weight excluding hydrogens is 290 g/mol. The number of nitrogens with zero attached hydrogens (tertiary/aromatic N) is 1. The molecule has 1 aliphatic heterocycles. The van der Waals surface area contributed by atoms with Gasteiger partial charge in [0.05, 0.1) is 0 Å². The lowest BCUT2D eigenvalue weighted by Crippen LogP contribution is -2.33. The molecule has 3 fully saturated rings. The van der Waals surface area contributed by atoms with E-state index in [0.717, 1.165) is 38.8 Å². The van der Waals surface area contributed by atoms with Crippen LogP contribution < -0.4 is 11.1 Å². The largest absolute Gasteiger partial charge is 0.338 e. The van der Waals surface area contributed by atoms with Gasteiger partial charge in [0.15, 0.2) is 0 Å². The van der Waals surface area contributed by atoms with Crippen LogP contribution in [-0.2, 0) is 4.79 Å². The first kappa shape index (κ1) is 14.7. The summed E-state index contributed by atoms with van der Waals surface area (Å²) in [4.78, 5) is 26.5. The van der Waals surface area contributed by atoms with Crippen molar-refractivity contribution >= 4 is 17.5 Å². The first-order valence-corrected chi connectivity index (χ1v) is 8.57. The third kappa shape index (κ3) is 2.85. The van der Waals surface area contributed by atoms with Crippen LogP contribution in [0.15, 0.2) is 24.3 Å². The van der Waals surface area contributed by atoms with E-state index in [1.807, 2.05) is 23.1 Å². The molecule has 3 N–H and O–H groups in total. The van der Waals surface area contributed by atoms with Crippen molar-refractivity contribution in [3.63, 3.8) is 0 Å². The zero-order valence-corrected chi connectivity index (χ0v) is 13.2. The van der Waals surface area contributed by atoms with Crippen LogP contribution in [0.5, 0.6) is 0 Å². The average molecular weight is 313 g/mol. The summed E-state index contributed by atoms with van der Waals surface area (Å²) in [7, 11) is 0. The number of fused-ring (bicyclic) bond motifs is 1. The summed E-state index contributed by atoms with van der Waals surface area (Å²) in [6, 6.07) is 7.52. The van der Waals surface area contributed by atoms with Gasteiger partial charge in [0, 0.05) is 36.3 Å². The molecule has 1 aromatic carbocycles. The van der Waals surface area contributed by atoms with Crippen LogP contribution in [0.4, 0.5) is 5.69 Å². The van der Waals surface area contributed by atoms with Crippen LogP contribution in [0.25, 0.3) is 0 Å². The summed E-state index contributed by atoms with van der Waals surface area (Å²) >= 11 is 0. The van der Waals surface area contributed by atoms with Gasteiger partial charge in [-0.05, 0) is 55.7 Å². The van der Waals surface area contributed by atoms with Crippen molar-refractivity contribution < 1.29 is 9.59 Å². The lowest BCUT2D eigenvalue weighted by Gasteiger charge is -2.19. The first-order valence-electron chi connectivity index (χ1n) is 8.57. The van der Waals surface area contributed by atoms with Crippen molar-refractivity contribution in [1.29, 1.82) is 0 Å². The van der Waals surface area contributed by atoms with Crippen LogP contribution in [0.3, 0.4) is 0 Å². The van der Waals surface area contributed by atoms with Gasteiger partial charge in [-0.3, -0.25) is 9.59 Å². The summed E-state index contributed by atoms with van der Waals surface area (Å²) in [5.41, 5.74) is 7.51. The molecule has 1 saturated heterocycles. The fraction of sp³-hybridized carbons (Fsp3) is 0.556. The Morgan fingerprint density at radius 1 is 1.13 bits per heavy atom. The maximum Gasteiger partial charge on any atom is 0.253 e. The lowest BCUT2D eigenvalue weighted by molar-refractivity contribution is -0.117. The van der Waals surface area contributed by atoms with Crippen LogP contribution in [-0.4, -0.2) is 35.8 Å². The quantitative estimate of drug-likeness (QED) is 0.894. The third-order valence-electron chi connectivity index (χ3n) is 5.52. The topological polar surface area (TPSA) is 75.4 Å². The highest BCUT2D eigenvalue weighted by Crippen LogP contribution is 2.37. The predicted molar refractivity (Wildman–Crippen MR) is 87.9 cm³/mol. The molecule has 0 aromatic heterocycles. The first-order chi connectivity index (χ1) is 11.1. The Morgan fingerprint density at radius 3 is 2.70 bits per heavy atom. The highest BCUT2D eigenvalue weighted by atomic mass is 16.2. The lowest BCUT2D eigenvalue weighted by atomic mass is 9.98. The van der Waals surface area contributed by atoms with Gasteiger partial charge in [-0.25, -0.2) is 0 Å². The Labute approximate surface area is 136 Å². The Bertz CT molecular complexity index is 641. The van der Waals surface area contributed by atoms with Crippen molar-refractivity contribution in [2.75, 3.05) is 18.4 Å². The van der Waals surface area contributed by atoms with Gasteiger partial charge < -0.3 is 16.0 Å². The molecule has 5 heteroatoms.